The van der Waals surface area contributed by atoms with Gasteiger partial charge in [0.1, 0.15) is 0 Å². The lowest BCUT2D eigenvalue weighted by Crippen LogP contribution is -2.17. The van der Waals surface area contributed by atoms with Crippen molar-refractivity contribution in [3.63, 3.8) is 0 Å². The monoisotopic (exact) mass is 260 g/mol. The molecule has 1 N–H and O–H groups in total. The van der Waals surface area contributed by atoms with E-state index in [4.69, 9.17) is 0 Å². The Kier molecular flexibility index (Phi) is 1.98. The molecule has 2 rings (SSSR count). The summed E-state index contributed by atoms with van der Waals surface area (Å²) in [5.74, 6) is 0. The Balaban J connectivity index is 2.36. The Hall–Kier alpha value is -0.320. The maximum atomic E-state index is 4.44. The van der Waals surface area contributed by atoms with E-state index >= 15 is 0 Å². The number of hydrogen-bond donors (Lipinski definition) is 1. The lowest BCUT2D eigenvalue weighted by Gasteiger charge is -2.14. The second-order valence-corrected chi connectivity index (χ2v) is 3.85. The number of halogens is 1. The Morgan fingerprint density at radius 3 is 3.36 bits per heavy atom. The van der Waals surface area contributed by atoms with Crippen LogP contribution in [0.2, 0.25) is 0 Å². The van der Waals surface area contributed by atoms with Crippen LogP contribution in [0.25, 0.3) is 0 Å². The summed E-state index contributed by atoms with van der Waals surface area (Å²) >= 11 is 2.29. The fraction of sp³-hybridized carbons (Fsp3) is 0.375. The Morgan fingerprint density at radius 1 is 1.55 bits per heavy atom. The van der Waals surface area contributed by atoms with E-state index in [1.165, 1.54) is 15.1 Å². The van der Waals surface area contributed by atoms with Crippen LogP contribution in [0.4, 0.5) is 0 Å². The number of hydrogen-bond acceptors (Lipinski definition) is 2. The van der Waals surface area contributed by atoms with E-state index in [9.17, 15) is 0 Å². The molecule has 0 fully saturated rings. The van der Waals surface area contributed by atoms with Gasteiger partial charge in [-0.25, -0.2) is 0 Å². The van der Waals surface area contributed by atoms with Crippen molar-refractivity contribution >= 4 is 28.3 Å². The van der Waals surface area contributed by atoms with Crippen LogP contribution in [0, 0.1) is 0 Å². The van der Waals surface area contributed by atoms with Gasteiger partial charge in [0.05, 0.1) is 3.70 Å². The van der Waals surface area contributed by atoms with Crippen LogP contribution < -0.4 is 5.32 Å². The molecule has 0 spiro atoms. The second kappa shape index (κ2) is 2.97. The third-order valence-electron chi connectivity index (χ3n) is 1.78. The molecule has 0 saturated carbocycles. The minimum atomic E-state index is 0.945. The fourth-order valence-electron chi connectivity index (χ4n) is 1.30. The van der Waals surface area contributed by atoms with E-state index in [0.29, 0.717) is 0 Å². The average molecular weight is 260 g/mol. The first-order valence-electron chi connectivity index (χ1n) is 3.71. The maximum Gasteiger partial charge on any atom is 0.0791 e. The zero-order valence-electron chi connectivity index (χ0n) is 6.10. The number of nitrogens with zero attached hydrogens (tertiary/aromatic N) is 1. The van der Waals surface area contributed by atoms with Crippen LogP contribution in [-0.2, 0) is 0 Å². The normalized spacial score (nSPS) is 22.5. The fourth-order valence-corrected chi connectivity index (χ4v) is 2.00. The van der Waals surface area contributed by atoms with Gasteiger partial charge in [0.25, 0.3) is 0 Å². The Labute approximate surface area is 79.6 Å². The molecule has 2 heterocycles. The van der Waals surface area contributed by atoms with Crippen LogP contribution in [-0.4, -0.2) is 12.3 Å². The predicted molar refractivity (Wildman–Crippen MR) is 54.9 cm³/mol. The van der Waals surface area contributed by atoms with Crippen LogP contribution in [0.3, 0.4) is 0 Å². The highest BCUT2D eigenvalue weighted by Gasteiger charge is 2.11. The zero-order chi connectivity index (χ0) is 7.68. The largest absolute Gasteiger partial charge is 0.354 e. The van der Waals surface area contributed by atoms with Gasteiger partial charge in [0.2, 0.25) is 0 Å². The summed E-state index contributed by atoms with van der Waals surface area (Å²) in [4.78, 5) is 4.44. The van der Waals surface area contributed by atoms with Crippen molar-refractivity contribution in [1.82, 2.24) is 5.32 Å². The molecule has 3 heteroatoms. The molecule has 0 aromatic carbocycles. The van der Waals surface area contributed by atoms with Crippen molar-refractivity contribution in [3.05, 3.63) is 21.6 Å². The molecule has 2 nitrogen and oxygen atoms in total. The van der Waals surface area contributed by atoms with E-state index in [1.807, 2.05) is 0 Å². The molecule has 2 aliphatic heterocycles. The van der Waals surface area contributed by atoms with Crippen molar-refractivity contribution < 1.29 is 0 Å². The summed E-state index contributed by atoms with van der Waals surface area (Å²) < 4.78 is 1.18. The van der Waals surface area contributed by atoms with Crippen molar-refractivity contribution in [3.8, 4) is 0 Å². The molecular formula is C8H9IN2. The summed E-state index contributed by atoms with van der Waals surface area (Å²) in [5, 5.41) is 3.32. The van der Waals surface area contributed by atoms with Crippen molar-refractivity contribution in [2.45, 2.75) is 12.8 Å². The van der Waals surface area contributed by atoms with E-state index < -0.39 is 0 Å². The molecule has 0 amide bonds. The highest BCUT2D eigenvalue weighted by Crippen LogP contribution is 2.18. The number of aliphatic imine (C=N–C) groups is 1. The summed E-state index contributed by atoms with van der Waals surface area (Å²) in [6, 6.07) is 0. The number of nitrogens with one attached hydrogen (secondary N) is 1. The summed E-state index contributed by atoms with van der Waals surface area (Å²) in [6.07, 6.45) is 6.42. The summed E-state index contributed by atoms with van der Waals surface area (Å²) in [5.41, 5.74) is 2.53. The van der Waals surface area contributed by atoms with E-state index in [0.717, 1.165) is 19.4 Å². The molecule has 11 heavy (non-hydrogen) atoms. The standard InChI is InChI=1S/C8H9IN2/c9-8-5-7-4-6(11-8)2-1-3-10-7/h2,5,11H,1,3-4H2. The highest BCUT2D eigenvalue weighted by atomic mass is 127. The van der Waals surface area contributed by atoms with Gasteiger partial charge >= 0.3 is 0 Å². The molecule has 0 radical (unpaired) electrons. The van der Waals surface area contributed by atoms with Crippen LogP contribution in [0.15, 0.2) is 26.5 Å². The summed E-state index contributed by atoms with van der Waals surface area (Å²) in [6.45, 7) is 0.945. The second-order valence-electron chi connectivity index (χ2n) is 2.69. The average Bonchev–Trinajstić information content (AvgIpc) is 2.11. The lowest BCUT2D eigenvalue weighted by molar-refractivity contribution is 0.970. The molecule has 2 aliphatic rings. The van der Waals surface area contributed by atoms with Gasteiger partial charge in [-0.15, -0.1) is 0 Å². The molecule has 0 atom stereocenters. The van der Waals surface area contributed by atoms with Gasteiger partial charge in [-0.2, -0.15) is 0 Å². The van der Waals surface area contributed by atoms with Crippen LogP contribution in [0.5, 0.6) is 0 Å². The minimum absolute atomic E-state index is 0.945. The molecular weight excluding hydrogens is 251 g/mol. The van der Waals surface area contributed by atoms with E-state index in [1.54, 1.807) is 0 Å². The SMILES string of the molecule is IC1=CC2=NCCC=C(C2)N1. The first-order valence-corrected chi connectivity index (χ1v) is 4.79. The number of allylic oxidation sites excluding steroid dienone is 2. The molecule has 0 saturated heterocycles. The summed E-state index contributed by atoms with van der Waals surface area (Å²) in [7, 11) is 0. The van der Waals surface area contributed by atoms with Crippen LogP contribution in [0.1, 0.15) is 12.8 Å². The minimum Gasteiger partial charge on any atom is -0.354 e. The highest BCUT2D eigenvalue weighted by molar-refractivity contribution is 14.1. The third-order valence-corrected chi connectivity index (χ3v) is 2.36. The first-order chi connectivity index (χ1) is 5.34. The molecule has 58 valence electrons. The van der Waals surface area contributed by atoms with Crippen LogP contribution >= 0.6 is 22.6 Å². The van der Waals surface area contributed by atoms with Crippen molar-refractivity contribution in [2.24, 2.45) is 4.99 Å². The van der Waals surface area contributed by atoms with Gasteiger partial charge in [0.15, 0.2) is 0 Å². The first kappa shape index (κ1) is 7.34. The Bertz CT molecular complexity index is 263. The number of rotatable bonds is 0. The number of fused-ring (bicyclic) bond motifs is 2. The lowest BCUT2D eigenvalue weighted by atomic mass is 10.1. The molecule has 0 aromatic heterocycles. The van der Waals surface area contributed by atoms with Crippen molar-refractivity contribution in [2.75, 3.05) is 6.54 Å². The smallest absolute Gasteiger partial charge is 0.0791 e. The van der Waals surface area contributed by atoms with E-state index in [2.05, 4.69) is 45.1 Å². The topological polar surface area (TPSA) is 24.4 Å². The maximum absolute atomic E-state index is 4.44. The molecule has 0 aromatic rings. The molecule has 0 unspecified atom stereocenters. The van der Waals surface area contributed by atoms with Gasteiger partial charge < -0.3 is 5.32 Å². The van der Waals surface area contributed by atoms with Gasteiger partial charge in [-0.1, -0.05) is 6.08 Å². The third kappa shape index (κ3) is 1.64. The molecule has 2 bridgehead atoms. The molecule has 0 aliphatic carbocycles. The quantitative estimate of drug-likeness (QED) is 0.522. The van der Waals surface area contributed by atoms with Crippen molar-refractivity contribution in [1.29, 1.82) is 0 Å². The van der Waals surface area contributed by atoms with Gasteiger partial charge in [-0.3, -0.25) is 4.99 Å². The Morgan fingerprint density at radius 2 is 2.45 bits per heavy atom. The van der Waals surface area contributed by atoms with Gasteiger partial charge in [0, 0.05) is 24.4 Å². The predicted octanol–water partition coefficient (Wildman–Crippen LogP) is 1.98. The van der Waals surface area contributed by atoms with E-state index in [-0.39, 0.29) is 0 Å². The van der Waals surface area contributed by atoms with Gasteiger partial charge in [-0.05, 0) is 35.1 Å². The zero-order valence-corrected chi connectivity index (χ0v) is 8.26.